The molecule has 1 fully saturated rings. The summed E-state index contributed by atoms with van der Waals surface area (Å²) in [6.07, 6.45) is 0.898. The number of hydrogen-bond donors (Lipinski definition) is 2. The molecule has 4 amide bonds. The smallest absolute Gasteiger partial charge is 0.325 e. The molecule has 0 radical (unpaired) electrons. The molecular weight excluding hydrogens is 374 g/mol. The first-order valence-corrected chi connectivity index (χ1v) is 9.34. The second-order valence-electron chi connectivity index (χ2n) is 7.11. The summed E-state index contributed by atoms with van der Waals surface area (Å²) >= 11 is 0. The molecule has 29 heavy (non-hydrogen) atoms. The molecule has 2 N–H and O–H groups in total. The zero-order valence-corrected chi connectivity index (χ0v) is 16.2. The van der Waals surface area contributed by atoms with Gasteiger partial charge in [-0.15, -0.1) is 0 Å². The van der Waals surface area contributed by atoms with Crippen molar-refractivity contribution in [1.29, 1.82) is 0 Å². The van der Waals surface area contributed by atoms with Crippen molar-refractivity contribution in [2.45, 2.75) is 25.8 Å². The average Bonchev–Trinajstić information content (AvgIpc) is 3.27. The summed E-state index contributed by atoms with van der Waals surface area (Å²) in [4.78, 5) is 38.7. The van der Waals surface area contributed by atoms with Crippen LogP contribution in [-0.2, 0) is 21.5 Å². The third kappa shape index (κ3) is 3.37. The largest absolute Gasteiger partial charge is 0.454 e. The Morgan fingerprint density at radius 1 is 1.14 bits per heavy atom. The summed E-state index contributed by atoms with van der Waals surface area (Å²) in [5, 5.41) is 5.40. The first-order valence-electron chi connectivity index (χ1n) is 9.34. The molecule has 2 aliphatic heterocycles. The molecule has 4 rings (SSSR count). The number of anilines is 1. The fraction of sp³-hybridized carbons (Fsp3) is 0.286. The molecule has 1 saturated heterocycles. The van der Waals surface area contributed by atoms with Crippen LogP contribution in [-0.4, -0.2) is 36.1 Å². The number of benzene rings is 2. The molecule has 0 aliphatic carbocycles. The quantitative estimate of drug-likeness (QED) is 0.758. The van der Waals surface area contributed by atoms with Crippen LogP contribution in [0, 0.1) is 0 Å². The number of nitrogens with one attached hydrogen (secondary N) is 2. The van der Waals surface area contributed by atoms with E-state index in [1.54, 1.807) is 37.3 Å². The maximum Gasteiger partial charge on any atom is 0.325 e. The van der Waals surface area contributed by atoms with Crippen LogP contribution in [0.1, 0.15) is 25.0 Å². The number of nitrogens with zero attached hydrogens (tertiary/aromatic N) is 1. The number of rotatable bonds is 5. The highest BCUT2D eigenvalue weighted by molar-refractivity contribution is 6.10. The third-order valence-corrected chi connectivity index (χ3v) is 5.17. The van der Waals surface area contributed by atoms with Gasteiger partial charge in [0.25, 0.3) is 5.91 Å². The predicted molar refractivity (Wildman–Crippen MR) is 105 cm³/mol. The molecule has 8 heteroatoms. The lowest BCUT2D eigenvalue weighted by Gasteiger charge is -2.22. The van der Waals surface area contributed by atoms with Crippen molar-refractivity contribution in [2.75, 3.05) is 18.7 Å². The normalized spacial score (nSPS) is 20.0. The molecule has 8 nitrogen and oxygen atoms in total. The van der Waals surface area contributed by atoms with Gasteiger partial charge in [0.05, 0.1) is 0 Å². The van der Waals surface area contributed by atoms with E-state index in [0.717, 1.165) is 16.9 Å². The van der Waals surface area contributed by atoms with E-state index in [4.69, 9.17) is 9.47 Å². The Balaban J connectivity index is 1.48. The number of aryl methyl sites for hydroxylation is 1. The number of hydrogen-bond acceptors (Lipinski definition) is 5. The maximum absolute atomic E-state index is 13.0. The predicted octanol–water partition coefficient (Wildman–Crippen LogP) is 2.38. The molecule has 1 atom stereocenters. The Hall–Kier alpha value is -3.55. The van der Waals surface area contributed by atoms with E-state index in [1.807, 2.05) is 19.1 Å². The highest BCUT2D eigenvalue weighted by atomic mass is 16.7. The second kappa shape index (κ2) is 7.12. The molecule has 2 heterocycles. The maximum atomic E-state index is 13.0. The standard InChI is InChI=1S/C21H21N3O5/c1-3-13-4-7-15(8-5-13)22-18(25)11-24-19(26)21(2,23-20(24)27)14-6-9-16-17(10-14)29-12-28-16/h4-10H,3,11-12H2,1-2H3,(H,22,25)(H,23,27)/t21-/m1/s1. The van der Waals surface area contributed by atoms with Gasteiger partial charge in [-0.1, -0.05) is 25.1 Å². The molecule has 0 spiro atoms. The minimum atomic E-state index is -1.29. The Morgan fingerprint density at radius 3 is 2.59 bits per heavy atom. The third-order valence-electron chi connectivity index (χ3n) is 5.17. The van der Waals surface area contributed by atoms with Gasteiger partial charge in [-0.25, -0.2) is 4.79 Å². The first-order chi connectivity index (χ1) is 13.9. The van der Waals surface area contributed by atoms with Gasteiger partial charge >= 0.3 is 6.03 Å². The first kappa shape index (κ1) is 18.8. The van der Waals surface area contributed by atoms with Gasteiger partial charge < -0.3 is 20.1 Å². The van der Waals surface area contributed by atoms with Crippen LogP contribution in [0.4, 0.5) is 10.5 Å². The molecule has 2 aliphatic rings. The SMILES string of the molecule is CCc1ccc(NC(=O)CN2C(=O)N[C@](C)(c3ccc4c(c3)OCO4)C2=O)cc1. The summed E-state index contributed by atoms with van der Waals surface area (Å²) in [5.74, 6) is 0.141. The zero-order chi connectivity index (χ0) is 20.6. The summed E-state index contributed by atoms with van der Waals surface area (Å²) in [6.45, 7) is 3.39. The van der Waals surface area contributed by atoms with E-state index < -0.39 is 23.4 Å². The van der Waals surface area contributed by atoms with Crippen LogP contribution >= 0.6 is 0 Å². The molecular formula is C21H21N3O5. The van der Waals surface area contributed by atoms with Crippen molar-refractivity contribution in [3.63, 3.8) is 0 Å². The van der Waals surface area contributed by atoms with Crippen molar-refractivity contribution in [2.24, 2.45) is 0 Å². The van der Waals surface area contributed by atoms with Gasteiger partial charge in [0.2, 0.25) is 12.7 Å². The molecule has 150 valence electrons. The van der Waals surface area contributed by atoms with Crippen LogP contribution in [0.2, 0.25) is 0 Å². The van der Waals surface area contributed by atoms with Crippen molar-refractivity contribution in [3.05, 3.63) is 53.6 Å². The minimum Gasteiger partial charge on any atom is -0.454 e. The van der Waals surface area contributed by atoms with Crippen molar-refractivity contribution in [1.82, 2.24) is 10.2 Å². The summed E-state index contributed by atoms with van der Waals surface area (Å²) in [7, 11) is 0. The van der Waals surface area contributed by atoms with E-state index >= 15 is 0 Å². The summed E-state index contributed by atoms with van der Waals surface area (Å²) < 4.78 is 10.6. The van der Waals surface area contributed by atoms with Crippen molar-refractivity contribution < 1.29 is 23.9 Å². The second-order valence-corrected chi connectivity index (χ2v) is 7.11. The van der Waals surface area contributed by atoms with Gasteiger partial charge in [-0.05, 0) is 48.7 Å². The lowest BCUT2D eigenvalue weighted by atomic mass is 9.91. The average molecular weight is 395 g/mol. The summed E-state index contributed by atoms with van der Waals surface area (Å²) in [6, 6.07) is 11.9. The van der Waals surface area contributed by atoms with Gasteiger partial charge in [0, 0.05) is 5.69 Å². The summed E-state index contributed by atoms with van der Waals surface area (Å²) in [5.41, 5.74) is 1.02. The molecule has 0 unspecified atom stereocenters. The molecule has 2 aromatic rings. The topological polar surface area (TPSA) is 97.0 Å². The van der Waals surface area contributed by atoms with E-state index in [9.17, 15) is 14.4 Å². The Labute approximate surface area is 167 Å². The van der Waals surface area contributed by atoms with E-state index in [0.29, 0.717) is 22.7 Å². The highest BCUT2D eigenvalue weighted by Crippen LogP contribution is 2.37. The van der Waals surface area contributed by atoms with Gasteiger partial charge in [-0.2, -0.15) is 0 Å². The molecule has 2 aromatic carbocycles. The van der Waals surface area contributed by atoms with E-state index in [-0.39, 0.29) is 13.3 Å². The van der Waals surface area contributed by atoms with Gasteiger partial charge in [0.1, 0.15) is 12.1 Å². The zero-order valence-electron chi connectivity index (χ0n) is 16.2. The van der Waals surface area contributed by atoms with Crippen LogP contribution < -0.4 is 20.1 Å². The van der Waals surface area contributed by atoms with Crippen molar-refractivity contribution in [3.8, 4) is 11.5 Å². The van der Waals surface area contributed by atoms with E-state index in [2.05, 4.69) is 10.6 Å². The fourth-order valence-corrected chi connectivity index (χ4v) is 3.41. The number of fused-ring (bicyclic) bond motifs is 1. The Bertz CT molecular complexity index is 988. The molecule has 0 bridgehead atoms. The molecule has 0 saturated carbocycles. The van der Waals surface area contributed by atoms with Gasteiger partial charge in [0.15, 0.2) is 11.5 Å². The number of imide groups is 1. The lowest BCUT2D eigenvalue weighted by molar-refractivity contribution is -0.133. The van der Waals surface area contributed by atoms with Gasteiger partial charge in [-0.3, -0.25) is 14.5 Å². The van der Waals surface area contributed by atoms with E-state index in [1.165, 1.54) is 0 Å². The van der Waals surface area contributed by atoms with Crippen LogP contribution in [0.15, 0.2) is 42.5 Å². The molecule has 0 aromatic heterocycles. The number of carbonyl (C=O) groups is 3. The number of urea groups is 1. The number of ether oxygens (including phenoxy) is 2. The number of amides is 4. The minimum absolute atomic E-state index is 0.112. The highest BCUT2D eigenvalue weighted by Gasteiger charge is 2.49. The lowest BCUT2D eigenvalue weighted by Crippen LogP contribution is -2.42. The fourth-order valence-electron chi connectivity index (χ4n) is 3.41. The Kier molecular flexibility index (Phi) is 4.62. The Morgan fingerprint density at radius 2 is 1.86 bits per heavy atom. The van der Waals surface area contributed by atoms with Crippen LogP contribution in [0.3, 0.4) is 0 Å². The van der Waals surface area contributed by atoms with Crippen LogP contribution in [0.5, 0.6) is 11.5 Å². The van der Waals surface area contributed by atoms with Crippen molar-refractivity contribution >= 4 is 23.5 Å². The number of carbonyl (C=O) groups excluding carboxylic acids is 3. The monoisotopic (exact) mass is 395 g/mol. The van der Waals surface area contributed by atoms with Crippen LogP contribution in [0.25, 0.3) is 0 Å².